The Morgan fingerprint density at radius 3 is 2.34 bits per heavy atom. The molecule has 10 nitrogen and oxygen atoms in total. The Labute approximate surface area is 239 Å². The fourth-order valence-electron chi connectivity index (χ4n) is 5.62. The van der Waals surface area contributed by atoms with Gasteiger partial charge in [0.25, 0.3) is 5.91 Å². The molecule has 0 spiro atoms. The minimum atomic E-state index is -1.30. The van der Waals surface area contributed by atoms with Crippen molar-refractivity contribution in [1.82, 2.24) is 24.8 Å². The predicted octanol–water partition coefficient (Wildman–Crippen LogP) is 4.06. The highest BCUT2D eigenvalue weighted by Crippen LogP contribution is 2.31. The van der Waals surface area contributed by atoms with Crippen molar-refractivity contribution >= 4 is 28.7 Å². The number of fused-ring (bicyclic) bond motifs is 1. The van der Waals surface area contributed by atoms with Crippen LogP contribution < -0.4 is 10.4 Å². The van der Waals surface area contributed by atoms with E-state index in [0.29, 0.717) is 44.6 Å². The summed E-state index contributed by atoms with van der Waals surface area (Å²) in [5.41, 5.74) is 3.17. The topological polar surface area (TPSA) is 103 Å². The number of hydrogen-bond acceptors (Lipinski definition) is 7. The molecule has 41 heavy (non-hydrogen) atoms. The van der Waals surface area contributed by atoms with Gasteiger partial charge in [-0.1, -0.05) is 12.1 Å². The van der Waals surface area contributed by atoms with Crippen molar-refractivity contribution in [3.05, 3.63) is 59.9 Å². The lowest BCUT2D eigenvalue weighted by molar-refractivity contribution is -0.00638. The first kappa shape index (κ1) is 28.8. The van der Waals surface area contributed by atoms with Crippen molar-refractivity contribution in [3.8, 4) is 0 Å². The van der Waals surface area contributed by atoms with Gasteiger partial charge in [-0.3, -0.25) is 14.9 Å². The van der Waals surface area contributed by atoms with Gasteiger partial charge in [0.05, 0.1) is 0 Å². The van der Waals surface area contributed by atoms with Gasteiger partial charge < -0.3 is 19.1 Å². The van der Waals surface area contributed by atoms with Crippen LogP contribution in [0.5, 0.6) is 0 Å². The SMILES string of the molecule is CC(C)(C)OC(=O)N1CCC(F)(CN2CCN(c3ccnc4c3ccn4Cc3ccc(C(=O)NO)cc3)CC2)CC1. The number of alkyl halides is 1. The summed E-state index contributed by atoms with van der Waals surface area (Å²) < 4.78 is 23.3. The van der Waals surface area contributed by atoms with Crippen LogP contribution in [0.25, 0.3) is 11.0 Å². The van der Waals surface area contributed by atoms with Gasteiger partial charge in [-0.2, -0.15) is 0 Å². The van der Waals surface area contributed by atoms with Gasteiger partial charge in [-0.05, 0) is 50.6 Å². The third-order valence-electron chi connectivity index (χ3n) is 7.84. The van der Waals surface area contributed by atoms with Gasteiger partial charge in [-0.25, -0.2) is 19.6 Å². The summed E-state index contributed by atoms with van der Waals surface area (Å²) in [5.74, 6) is -0.542. The van der Waals surface area contributed by atoms with Crippen LogP contribution in [0, 0.1) is 0 Å². The Kier molecular flexibility index (Phi) is 8.19. The van der Waals surface area contributed by atoms with Crippen LogP contribution in [0.15, 0.2) is 48.8 Å². The number of pyridine rings is 1. The second kappa shape index (κ2) is 11.7. The fourth-order valence-corrected chi connectivity index (χ4v) is 5.62. The van der Waals surface area contributed by atoms with Crippen molar-refractivity contribution in [2.24, 2.45) is 0 Å². The third-order valence-corrected chi connectivity index (χ3v) is 7.84. The number of aromatic nitrogens is 2. The molecule has 0 radical (unpaired) electrons. The molecular weight excluding hydrogens is 527 g/mol. The zero-order valence-corrected chi connectivity index (χ0v) is 24.0. The molecule has 0 atom stereocenters. The van der Waals surface area contributed by atoms with Crippen molar-refractivity contribution < 1.29 is 23.9 Å². The molecule has 220 valence electrons. The molecule has 4 heterocycles. The predicted molar refractivity (Wildman–Crippen MR) is 154 cm³/mol. The summed E-state index contributed by atoms with van der Waals surface area (Å²) in [6.07, 6.45) is 4.12. The highest BCUT2D eigenvalue weighted by Gasteiger charge is 2.39. The minimum Gasteiger partial charge on any atom is -0.444 e. The molecule has 11 heteroatoms. The van der Waals surface area contributed by atoms with Crippen LogP contribution in [0.3, 0.4) is 0 Å². The molecule has 1 aromatic carbocycles. The molecule has 5 rings (SSSR count). The number of benzene rings is 1. The Morgan fingerprint density at radius 1 is 1.02 bits per heavy atom. The largest absolute Gasteiger partial charge is 0.444 e. The Balaban J connectivity index is 1.17. The number of piperidine rings is 1. The van der Waals surface area contributed by atoms with Gasteiger partial charge in [-0.15, -0.1) is 0 Å². The number of nitrogens with zero attached hydrogens (tertiary/aromatic N) is 5. The number of anilines is 1. The summed E-state index contributed by atoms with van der Waals surface area (Å²) >= 11 is 0. The molecule has 0 aliphatic carbocycles. The zero-order chi connectivity index (χ0) is 29.2. The number of carbonyl (C=O) groups is 2. The lowest BCUT2D eigenvalue weighted by Gasteiger charge is -2.42. The summed E-state index contributed by atoms with van der Waals surface area (Å²) in [6, 6.07) is 11.2. The van der Waals surface area contributed by atoms with Crippen LogP contribution in [-0.2, 0) is 11.3 Å². The quantitative estimate of drug-likeness (QED) is 0.343. The number of halogens is 1. The summed E-state index contributed by atoms with van der Waals surface area (Å²) in [5, 5.41) is 9.88. The molecular formula is C30H39FN6O4. The number of ether oxygens (including phenoxy) is 1. The average Bonchev–Trinajstić information content (AvgIpc) is 3.35. The molecule has 2 aromatic heterocycles. The maximum absolute atomic E-state index is 15.7. The van der Waals surface area contributed by atoms with E-state index < -0.39 is 17.2 Å². The summed E-state index contributed by atoms with van der Waals surface area (Å²) in [7, 11) is 0. The highest BCUT2D eigenvalue weighted by atomic mass is 19.1. The van der Waals surface area contributed by atoms with Gasteiger partial charge >= 0.3 is 6.09 Å². The van der Waals surface area contributed by atoms with E-state index in [1.807, 2.05) is 51.4 Å². The normalized spacial score (nSPS) is 18.0. The van der Waals surface area contributed by atoms with E-state index >= 15 is 4.39 Å². The summed E-state index contributed by atoms with van der Waals surface area (Å²) in [4.78, 5) is 34.7. The van der Waals surface area contributed by atoms with E-state index in [1.165, 1.54) is 0 Å². The molecule has 3 aromatic rings. The number of hydrogen-bond donors (Lipinski definition) is 2. The van der Waals surface area contributed by atoms with Crippen molar-refractivity contribution in [3.63, 3.8) is 0 Å². The van der Waals surface area contributed by atoms with Gasteiger partial charge in [0.15, 0.2) is 0 Å². The minimum absolute atomic E-state index is 0.322. The van der Waals surface area contributed by atoms with Crippen molar-refractivity contribution in [2.45, 2.75) is 51.4 Å². The average molecular weight is 567 g/mol. The van der Waals surface area contributed by atoms with E-state index in [1.54, 1.807) is 22.5 Å². The number of hydroxylamine groups is 1. The number of carbonyl (C=O) groups excluding carboxylic acids is 2. The molecule has 2 aliphatic rings. The number of piperazine rings is 1. The highest BCUT2D eigenvalue weighted by molar-refractivity contribution is 5.93. The van der Waals surface area contributed by atoms with Crippen molar-refractivity contribution in [1.29, 1.82) is 0 Å². The molecule has 2 N–H and O–H groups in total. The lowest BCUT2D eigenvalue weighted by atomic mass is 9.92. The Hall–Kier alpha value is -3.70. The van der Waals surface area contributed by atoms with Crippen LogP contribution >= 0.6 is 0 Å². The molecule has 0 bridgehead atoms. The monoisotopic (exact) mass is 566 g/mol. The van der Waals surface area contributed by atoms with Gasteiger partial charge in [0.1, 0.15) is 16.9 Å². The second-order valence-corrected chi connectivity index (χ2v) is 12.0. The molecule has 0 unspecified atom stereocenters. The summed E-state index contributed by atoms with van der Waals surface area (Å²) in [6.45, 7) is 10.3. The van der Waals surface area contributed by atoms with Crippen LogP contribution in [0.1, 0.15) is 49.5 Å². The van der Waals surface area contributed by atoms with Gasteiger partial charge in [0.2, 0.25) is 0 Å². The maximum Gasteiger partial charge on any atom is 0.410 e. The first-order valence-corrected chi connectivity index (χ1v) is 14.1. The third kappa shape index (κ3) is 6.79. The lowest BCUT2D eigenvalue weighted by Crippen LogP contribution is -2.54. The number of nitrogens with one attached hydrogen (secondary N) is 1. The number of likely N-dealkylation sites (tertiary alicyclic amines) is 1. The molecule has 0 saturated carbocycles. The van der Waals surface area contributed by atoms with Crippen LogP contribution in [-0.4, -0.2) is 93.6 Å². The smallest absolute Gasteiger partial charge is 0.410 e. The zero-order valence-electron chi connectivity index (χ0n) is 24.0. The van der Waals surface area contributed by atoms with Gasteiger partial charge in [0, 0.05) is 94.2 Å². The fraction of sp³-hybridized carbons (Fsp3) is 0.500. The molecule has 2 aliphatic heterocycles. The van der Waals surface area contributed by atoms with E-state index in [9.17, 15) is 9.59 Å². The molecule has 2 amide bonds. The first-order valence-electron chi connectivity index (χ1n) is 14.1. The van der Waals surface area contributed by atoms with E-state index in [-0.39, 0.29) is 6.09 Å². The number of rotatable bonds is 6. The Bertz CT molecular complexity index is 1370. The maximum atomic E-state index is 15.7. The van der Waals surface area contributed by atoms with Crippen LogP contribution in [0.2, 0.25) is 0 Å². The van der Waals surface area contributed by atoms with E-state index in [0.717, 1.165) is 48.5 Å². The standard InChI is InChI=1S/C30H39FN6O4/c1-29(2,3)41-28(39)36-14-10-30(31,11-15-36)21-34-16-18-35(19-17-34)25-8-12-32-26-24(25)9-13-37(26)20-22-4-6-23(7-5-22)27(38)33-40/h4-9,12-13,40H,10-11,14-21H2,1-3H3,(H,33,38). The van der Waals surface area contributed by atoms with E-state index in [4.69, 9.17) is 9.94 Å². The van der Waals surface area contributed by atoms with E-state index in [2.05, 4.69) is 25.4 Å². The molecule has 2 fully saturated rings. The Morgan fingerprint density at radius 2 is 1.71 bits per heavy atom. The van der Waals surface area contributed by atoms with Crippen molar-refractivity contribution in [2.75, 3.05) is 50.7 Å². The second-order valence-electron chi connectivity index (χ2n) is 12.0. The molecule has 2 saturated heterocycles. The van der Waals surface area contributed by atoms with Crippen LogP contribution in [0.4, 0.5) is 14.9 Å². The first-order chi connectivity index (χ1) is 19.5. The number of amides is 2.